The molecule has 0 radical (unpaired) electrons. The molecule has 1 N–H and O–H groups in total. The Balaban J connectivity index is 1.39. The zero-order chi connectivity index (χ0) is 16.6. The molecule has 1 spiro atoms. The van der Waals surface area contributed by atoms with Crippen LogP contribution in [-0.2, 0) is 29.0 Å². The van der Waals surface area contributed by atoms with Crippen molar-refractivity contribution in [2.24, 2.45) is 5.41 Å². The first-order valence-corrected chi connectivity index (χ1v) is 9.54. The molecule has 0 bridgehead atoms. The summed E-state index contributed by atoms with van der Waals surface area (Å²) in [6.45, 7) is 4.39. The van der Waals surface area contributed by atoms with Gasteiger partial charge in [0.15, 0.2) is 5.82 Å². The lowest BCUT2D eigenvalue weighted by Gasteiger charge is -2.55. The Morgan fingerprint density at radius 1 is 1.33 bits per heavy atom. The van der Waals surface area contributed by atoms with E-state index >= 15 is 0 Å². The molecule has 24 heavy (non-hydrogen) atoms. The van der Waals surface area contributed by atoms with Gasteiger partial charge in [-0.15, -0.1) is 0 Å². The Morgan fingerprint density at radius 2 is 2.17 bits per heavy atom. The zero-order valence-electron chi connectivity index (χ0n) is 15.0. The van der Waals surface area contributed by atoms with E-state index in [-0.39, 0.29) is 0 Å². The molecule has 0 saturated heterocycles. The van der Waals surface area contributed by atoms with Crippen LogP contribution in [0.1, 0.15) is 57.1 Å². The average molecular weight is 334 g/mol. The predicted octanol–water partition coefficient (Wildman–Crippen LogP) is 2.07. The Kier molecular flexibility index (Phi) is 4.62. The molecule has 4 rings (SSSR count). The number of hydrogen-bond acceptors (Lipinski definition) is 5. The lowest BCUT2D eigenvalue weighted by atomic mass is 9.60. The second-order valence-corrected chi connectivity index (χ2v) is 7.63. The Bertz CT molecular complexity index is 567. The highest BCUT2D eigenvalue weighted by atomic mass is 16.5. The van der Waals surface area contributed by atoms with Crippen molar-refractivity contribution in [3.05, 3.63) is 11.6 Å². The molecule has 0 amide bonds. The fourth-order valence-electron chi connectivity index (χ4n) is 5.09. The number of fused-ring (bicyclic) bond motifs is 1. The van der Waals surface area contributed by atoms with Gasteiger partial charge in [-0.05, 0) is 32.6 Å². The van der Waals surface area contributed by atoms with Gasteiger partial charge in [0.2, 0.25) is 0 Å². The summed E-state index contributed by atoms with van der Waals surface area (Å²) in [5, 5.41) is 8.55. The van der Waals surface area contributed by atoms with Crippen LogP contribution in [0.2, 0.25) is 0 Å². The summed E-state index contributed by atoms with van der Waals surface area (Å²) in [5.41, 5.74) is 0.403. The third-order valence-electron chi connectivity index (χ3n) is 6.30. The van der Waals surface area contributed by atoms with Crippen LogP contribution >= 0.6 is 0 Å². The summed E-state index contributed by atoms with van der Waals surface area (Å²) >= 11 is 0. The molecular weight excluding hydrogens is 304 g/mol. The van der Waals surface area contributed by atoms with Crippen LogP contribution in [0.25, 0.3) is 0 Å². The Morgan fingerprint density at radius 3 is 2.92 bits per heavy atom. The van der Waals surface area contributed by atoms with Gasteiger partial charge in [0.25, 0.3) is 0 Å². The van der Waals surface area contributed by atoms with Crippen molar-refractivity contribution in [2.45, 2.75) is 83.2 Å². The van der Waals surface area contributed by atoms with Gasteiger partial charge in [-0.25, -0.2) is 9.67 Å². The molecule has 1 aromatic heterocycles. The summed E-state index contributed by atoms with van der Waals surface area (Å²) in [6.07, 6.45) is 9.17. The van der Waals surface area contributed by atoms with E-state index in [0.29, 0.717) is 30.2 Å². The zero-order valence-corrected chi connectivity index (χ0v) is 15.0. The van der Waals surface area contributed by atoms with Gasteiger partial charge in [-0.2, -0.15) is 5.10 Å². The first kappa shape index (κ1) is 16.5. The molecule has 0 unspecified atom stereocenters. The standard InChI is InChI=1S/C18H30N4O2/c1-3-24-15-10-14(18(15)8-4-5-9-18)19-13-6-7-17-20-16(12-23-2)21-22(17)11-13/h13-15,19H,3-12H2,1-2H3/t13-,14+,15+/m0/s1. The molecule has 0 aromatic carbocycles. The third-order valence-corrected chi connectivity index (χ3v) is 6.30. The second kappa shape index (κ2) is 6.73. The van der Waals surface area contributed by atoms with Crippen molar-refractivity contribution in [3.63, 3.8) is 0 Å². The number of hydrogen-bond donors (Lipinski definition) is 1. The van der Waals surface area contributed by atoms with Gasteiger partial charge in [-0.3, -0.25) is 0 Å². The Labute approximate surface area is 144 Å². The minimum atomic E-state index is 0.403. The quantitative estimate of drug-likeness (QED) is 0.863. The van der Waals surface area contributed by atoms with E-state index in [4.69, 9.17) is 9.47 Å². The van der Waals surface area contributed by atoms with Gasteiger partial charge in [0.05, 0.1) is 12.6 Å². The van der Waals surface area contributed by atoms with Gasteiger partial charge in [-0.1, -0.05) is 12.8 Å². The van der Waals surface area contributed by atoms with Crippen molar-refractivity contribution in [1.82, 2.24) is 20.1 Å². The van der Waals surface area contributed by atoms with E-state index < -0.39 is 0 Å². The number of rotatable bonds is 6. The summed E-state index contributed by atoms with van der Waals surface area (Å²) in [4.78, 5) is 4.57. The minimum Gasteiger partial charge on any atom is -0.378 e. The van der Waals surface area contributed by atoms with Crippen molar-refractivity contribution >= 4 is 0 Å². The fourth-order valence-corrected chi connectivity index (χ4v) is 5.09. The van der Waals surface area contributed by atoms with E-state index in [0.717, 1.165) is 37.6 Å². The second-order valence-electron chi connectivity index (χ2n) is 7.63. The fraction of sp³-hybridized carbons (Fsp3) is 0.889. The number of ether oxygens (including phenoxy) is 2. The molecule has 3 aliphatic rings. The van der Waals surface area contributed by atoms with E-state index in [2.05, 4.69) is 27.0 Å². The summed E-state index contributed by atoms with van der Waals surface area (Å²) < 4.78 is 13.3. The van der Waals surface area contributed by atoms with Gasteiger partial charge in [0, 0.05) is 37.6 Å². The lowest BCUT2D eigenvalue weighted by Crippen LogP contribution is -2.65. The molecule has 3 atom stereocenters. The number of methoxy groups -OCH3 is 1. The number of nitrogens with one attached hydrogen (secondary N) is 1. The predicted molar refractivity (Wildman–Crippen MR) is 90.7 cm³/mol. The molecule has 2 fully saturated rings. The topological polar surface area (TPSA) is 61.2 Å². The number of aromatic nitrogens is 3. The monoisotopic (exact) mass is 334 g/mol. The number of aryl methyl sites for hydroxylation is 1. The number of nitrogens with zero attached hydrogens (tertiary/aromatic N) is 3. The SMILES string of the molecule is CCO[C@@H]1C[C@@H](N[C@H]2CCc3nc(COC)nn3C2)C12CCCC2. The maximum absolute atomic E-state index is 6.04. The van der Waals surface area contributed by atoms with Crippen LogP contribution in [0, 0.1) is 5.41 Å². The Hall–Kier alpha value is -0.980. The highest BCUT2D eigenvalue weighted by Crippen LogP contribution is 2.54. The lowest BCUT2D eigenvalue weighted by molar-refractivity contribution is -0.133. The highest BCUT2D eigenvalue weighted by Gasteiger charge is 2.56. The summed E-state index contributed by atoms with van der Waals surface area (Å²) in [5.74, 6) is 1.91. The molecule has 2 aliphatic carbocycles. The maximum atomic E-state index is 6.04. The molecule has 2 heterocycles. The van der Waals surface area contributed by atoms with Crippen LogP contribution in [0.3, 0.4) is 0 Å². The smallest absolute Gasteiger partial charge is 0.176 e. The molecular formula is C18H30N4O2. The first-order chi connectivity index (χ1) is 11.7. The van der Waals surface area contributed by atoms with Crippen molar-refractivity contribution in [2.75, 3.05) is 13.7 Å². The summed E-state index contributed by atoms with van der Waals surface area (Å²) in [7, 11) is 1.69. The van der Waals surface area contributed by atoms with Crippen LogP contribution in [-0.4, -0.2) is 46.7 Å². The average Bonchev–Trinajstić information content (AvgIpc) is 3.22. The van der Waals surface area contributed by atoms with Crippen LogP contribution in [0.4, 0.5) is 0 Å². The maximum Gasteiger partial charge on any atom is 0.176 e. The normalized spacial score (nSPS) is 31.2. The van der Waals surface area contributed by atoms with Crippen molar-refractivity contribution < 1.29 is 9.47 Å². The summed E-state index contributed by atoms with van der Waals surface area (Å²) in [6, 6.07) is 1.12. The van der Waals surface area contributed by atoms with Crippen molar-refractivity contribution in [3.8, 4) is 0 Å². The van der Waals surface area contributed by atoms with Gasteiger partial charge in [0.1, 0.15) is 12.4 Å². The molecule has 6 heteroatoms. The van der Waals surface area contributed by atoms with Crippen LogP contribution in [0.5, 0.6) is 0 Å². The van der Waals surface area contributed by atoms with E-state index in [9.17, 15) is 0 Å². The van der Waals surface area contributed by atoms with Gasteiger partial charge < -0.3 is 14.8 Å². The first-order valence-electron chi connectivity index (χ1n) is 9.54. The molecule has 2 saturated carbocycles. The third kappa shape index (κ3) is 2.78. The van der Waals surface area contributed by atoms with E-state index in [1.807, 2.05) is 0 Å². The molecule has 134 valence electrons. The van der Waals surface area contributed by atoms with Gasteiger partial charge >= 0.3 is 0 Å². The van der Waals surface area contributed by atoms with Crippen LogP contribution in [0.15, 0.2) is 0 Å². The van der Waals surface area contributed by atoms with E-state index in [1.165, 1.54) is 32.1 Å². The van der Waals surface area contributed by atoms with Crippen molar-refractivity contribution in [1.29, 1.82) is 0 Å². The van der Waals surface area contributed by atoms with Crippen LogP contribution < -0.4 is 5.32 Å². The highest BCUT2D eigenvalue weighted by molar-refractivity contribution is 5.11. The largest absolute Gasteiger partial charge is 0.378 e. The molecule has 1 aromatic rings. The van der Waals surface area contributed by atoms with E-state index in [1.54, 1.807) is 7.11 Å². The minimum absolute atomic E-state index is 0.403. The molecule has 1 aliphatic heterocycles. The molecule has 6 nitrogen and oxygen atoms in total.